The van der Waals surface area contributed by atoms with Gasteiger partial charge in [-0.2, -0.15) is 0 Å². The maximum atomic E-state index is 12.3. The van der Waals surface area contributed by atoms with Crippen molar-refractivity contribution >= 4 is 21.9 Å². The van der Waals surface area contributed by atoms with Gasteiger partial charge in [-0.1, -0.05) is 0 Å². The maximum Gasteiger partial charge on any atom is 0.340 e. The number of carbonyl (C=O) groups is 1. The molecule has 82 valence electrons. The number of aromatic nitrogens is 1. The second-order valence-corrected chi connectivity index (χ2v) is 3.27. The van der Waals surface area contributed by atoms with Gasteiger partial charge in [-0.3, -0.25) is 0 Å². The highest BCUT2D eigenvalue weighted by Gasteiger charge is 2.20. The number of hydrogen-bond donors (Lipinski definition) is 1. The average molecular weight is 282 g/mol. The number of pyridine rings is 1. The lowest BCUT2D eigenvalue weighted by atomic mass is 10.2. The van der Waals surface area contributed by atoms with Crippen molar-refractivity contribution < 1.29 is 23.4 Å². The quantitative estimate of drug-likeness (QED) is 0.667. The first-order valence-corrected chi connectivity index (χ1v) is 4.52. The number of hydrogen-bond acceptors (Lipinski definition) is 4. The molecule has 0 aromatic carbocycles. The van der Waals surface area contributed by atoms with E-state index in [1.54, 1.807) is 0 Å². The highest BCUT2D eigenvalue weighted by Crippen LogP contribution is 2.30. The van der Waals surface area contributed by atoms with Crippen LogP contribution in [0.3, 0.4) is 0 Å². The molecule has 1 aromatic rings. The summed E-state index contributed by atoms with van der Waals surface area (Å²) in [7, 11) is 1.13. The molecule has 0 saturated carbocycles. The summed E-state index contributed by atoms with van der Waals surface area (Å²) in [5, 5.41) is 9.16. The van der Waals surface area contributed by atoms with Crippen LogP contribution in [0.15, 0.2) is 10.7 Å². The van der Waals surface area contributed by atoms with E-state index in [1.807, 2.05) is 0 Å². The molecule has 1 heterocycles. The Hall–Kier alpha value is -1.24. The van der Waals surface area contributed by atoms with Crippen LogP contribution in [0.1, 0.15) is 22.5 Å². The van der Waals surface area contributed by atoms with E-state index in [1.165, 1.54) is 0 Å². The Labute approximate surface area is 92.0 Å². The highest BCUT2D eigenvalue weighted by molar-refractivity contribution is 9.10. The van der Waals surface area contributed by atoms with Crippen molar-refractivity contribution in [2.75, 3.05) is 7.11 Å². The van der Waals surface area contributed by atoms with Crippen molar-refractivity contribution in [2.45, 2.75) is 6.43 Å². The summed E-state index contributed by atoms with van der Waals surface area (Å²) in [5.41, 5.74) is -0.895. The fourth-order valence-corrected chi connectivity index (χ4v) is 1.37. The van der Waals surface area contributed by atoms with E-state index in [2.05, 4.69) is 25.7 Å². The lowest BCUT2D eigenvalue weighted by molar-refractivity contribution is 0.0597. The summed E-state index contributed by atoms with van der Waals surface area (Å²) >= 11 is 2.83. The molecule has 0 bridgehead atoms. The number of ether oxygens (including phenoxy) is 1. The zero-order valence-corrected chi connectivity index (χ0v) is 9.09. The third-order valence-electron chi connectivity index (χ3n) is 1.60. The standard InChI is InChI=1S/C8H6BrF2NO3/c1-15-8(14)3-2-4(13)5(7(10)11)12-6(3)9/h2,7,13H,1H3. The molecule has 0 aliphatic rings. The molecule has 15 heavy (non-hydrogen) atoms. The lowest BCUT2D eigenvalue weighted by Gasteiger charge is -2.06. The largest absolute Gasteiger partial charge is 0.506 e. The van der Waals surface area contributed by atoms with Crippen molar-refractivity contribution in [2.24, 2.45) is 0 Å². The highest BCUT2D eigenvalue weighted by atomic mass is 79.9. The number of nitrogens with zero attached hydrogens (tertiary/aromatic N) is 1. The molecule has 1 N–H and O–H groups in total. The van der Waals surface area contributed by atoms with Gasteiger partial charge in [0.1, 0.15) is 16.0 Å². The Bertz CT molecular complexity index is 398. The molecular weight excluding hydrogens is 276 g/mol. The van der Waals surface area contributed by atoms with Gasteiger partial charge in [0.05, 0.1) is 12.7 Å². The third-order valence-corrected chi connectivity index (χ3v) is 2.20. The van der Waals surface area contributed by atoms with Gasteiger partial charge in [-0.05, 0) is 22.0 Å². The fourth-order valence-electron chi connectivity index (χ4n) is 0.907. The molecule has 0 aliphatic carbocycles. The van der Waals surface area contributed by atoms with Crippen molar-refractivity contribution in [3.05, 3.63) is 21.9 Å². The van der Waals surface area contributed by atoms with Gasteiger partial charge >= 0.3 is 5.97 Å². The van der Waals surface area contributed by atoms with Gasteiger partial charge in [-0.15, -0.1) is 0 Å². The van der Waals surface area contributed by atoms with Crippen molar-refractivity contribution in [3.63, 3.8) is 0 Å². The van der Waals surface area contributed by atoms with Gasteiger partial charge in [-0.25, -0.2) is 18.6 Å². The van der Waals surface area contributed by atoms with Crippen LogP contribution in [0.25, 0.3) is 0 Å². The number of carbonyl (C=O) groups excluding carboxylic acids is 1. The lowest BCUT2D eigenvalue weighted by Crippen LogP contribution is -2.05. The number of halogens is 3. The molecule has 0 amide bonds. The SMILES string of the molecule is COC(=O)c1cc(O)c(C(F)F)nc1Br. The number of alkyl halides is 2. The molecule has 1 aromatic heterocycles. The summed E-state index contributed by atoms with van der Waals surface area (Å²) in [5.74, 6) is -1.51. The molecule has 0 aliphatic heterocycles. The Kier molecular flexibility index (Phi) is 3.57. The van der Waals surface area contributed by atoms with E-state index >= 15 is 0 Å². The molecule has 0 radical (unpaired) electrons. The van der Waals surface area contributed by atoms with Crippen molar-refractivity contribution in [1.82, 2.24) is 4.98 Å². The smallest absolute Gasteiger partial charge is 0.340 e. The minimum atomic E-state index is -2.91. The zero-order valence-electron chi connectivity index (χ0n) is 7.50. The second-order valence-electron chi connectivity index (χ2n) is 2.52. The predicted molar refractivity (Wildman–Crippen MR) is 49.9 cm³/mol. The zero-order chi connectivity index (χ0) is 11.6. The van der Waals surface area contributed by atoms with Crippen LogP contribution in [0.5, 0.6) is 5.75 Å². The summed E-state index contributed by atoms with van der Waals surface area (Å²) in [6.45, 7) is 0. The van der Waals surface area contributed by atoms with Crippen molar-refractivity contribution in [1.29, 1.82) is 0 Å². The summed E-state index contributed by atoms with van der Waals surface area (Å²) in [6, 6.07) is 0.879. The summed E-state index contributed by atoms with van der Waals surface area (Å²) in [6.07, 6.45) is -2.91. The van der Waals surface area contributed by atoms with E-state index in [9.17, 15) is 13.6 Å². The summed E-state index contributed by atoms with van der Waals surface area (Å²) < 4.78 is 28.8. The van der Waals surface area contributed by atoms with Gasteiger partial charge < -0.3 is 9.84 Å². The van der Waals surface area contributed by atoms with Crippen LogP contribution in [0.4, 0.5) is 8.78 Å². The topological polar surface area (TPSA) is 59.4 Å². The minimum Gasteiger partial charge on any atom is -0.506 e. The van der Waals surface area contributed by atoms with Crippen LogP contribution in [0, 0.1) is 0 Å². The molecule has 0 spiro atoms. The third kappa shape index (κ3) is 2.41. The second kappa shape index (κ2) is 4.52. The Morgan fingerprint density at radius 2 is 2.27 bits per heavy atom. The first kappa shape index (κ1) is 11.8. The van der Waals surface area contributed by atoms with E-state index in [0.717, 1.165) is 13.2 Å². The summed E-state index contributed by atoms with van der Waals surface area (Å²) in [4.78, 5) is 14.4. The average Bonchev–Trinajstić information content (AvgIpc) is 2.19. The number of methoxy groups -OCH3 is 1. The molecule has 0 saturated heterocycles. The molecule has 4 nitrogen and oxygen atoms in total. The fraction of sp³-hybridized carbons (Fsp3) is 0.250. The minimum absolute atomic E-state index is 0.0950. The number of rotatable bonds is 2. The molecule has 0 fully saturated rings. The van der Waals surface area contributed by atoms with Gasteiger partial charge in [0, 0.05) is 0 Å². The van der Waals surface area contributed by atoms with E-state index in [-0.39, 0.29) is 10.2 Å². The van der Waals surface area contributed by atoms with Gasteiger partial charge in [0.15, 0.2) is 0 Å². The van der Waals surface area contributed by atoms with Crippen LogP contribution >= 0.6 is 15.9 Å². The molecule has 0 atom stereocenters. The Morgan fingerprint density at radius 3 is 2.73 bits per heavy atom. The van der Waals surface area contributed by atoms with Gasteiger partial charge in [0.2, 0.25) is 0 Å². The molecule has 7 heteroatoms. The van der Waals surface area contributed by atoms with Crippen LogP contribution < -0.4 is 0 Å². The maximum absolute atomic E-state index is 12.3. The number of aromatic hydroxyl groups is 1. The first-order valence-electron chi connectivity index (χ1n) is 3.73. The van der Waals surface area contributed by atoms with E-state index < -0.39 is 23.8 Å². The predicted octanol–water partition coefficient (Wildman–Crippen LogP) is 2.27. The molecule has 0 unspecified atom stereocenters. The normalized spacial score (nSPS) is 10.5. The van der Waals surface area contributed by atoms with Crippen LogP contribution in [-0.4, -0.2) is 23.2 Å². The van der Waals surface area contributed by atoms with Crippen molar-refractivity contribution in [3.8, 4) is 5.75 Å². The first-order chi connectivity index (χ1) is 6.97. The Balaban J connectivity index is 3.25. The van der Waals surface area contributed by atoms with Crippen LogP contribution in [-0.2, 0) is 4.74 Å². The Morgan fingerprint density at radius 1 is 1.67 bits per heavy atom. The van der Waals surface area contributed by atoms with E-state index in [0.29, 0.717) is 0 Å². The van der Waals surface area contributed by atoms with E-state index in [4.69, 9.17) is 5.11 Å². The number of esters is 1. The monoisotopic (exact) mass is 281 g/mol. The molecule has 1 rings (SSSR count). The van der Waals surface area contributed by atoms with Crippen LogP contribution in [0.2, 0.25) is 0 Å². The molecular formula is C8H6BrF2NO3. The van der Waals surface area contributed by atoms with Gasteiger partial charge in [0.25, 0.3) is 6.43 Å².